The summed E-state index contributed by atoms with van der Waals surface area (Å²) in [7, 11) is 0. The second kappa shape index (κ2) is 5.96. The first-order chi connectivity index (χ1) is 7.50. The number of hydrogen-bond donors (Lipinski definition) is 1. The number of primary amides is 1. The van der Waals surface area contributed by atoms with Crippen molar-refractivity contribution in [2.45, 2.75) is 26.3 Å². The van der Waals surface area contributed by atoms with E-state index in [1.807, 2.05) is 13.8 Å². The van der Waals surface area contributed by atoms with Crippen LogP contribution in [0.4, 0.5) is 0 Å². The van der Waals surface area contributed by atoms with Gasteiger partial charge >= 0.3 is 0 Å². The predicted molar refractivity (Wildman–Crippen MR) is 59.8 cm³/mol. The Labute approximate surface area is 95.9 Å². The highest BCUT2D eigenvalue weighted by molar-refractivity contribution is 5.84. The standard InChI is InChI=1S/C11H20N2O3/c1-8(2)13(6-11(12)15)5-10(14)9-3-4-16-7-9/h8-9H,3-7H2,1-2H3,(H2,12,15). The number of ether oxygens (including phenoxy) is 1. The summed E-state index contributed by atoms with van der Waals surface area (Å²) in [6.07, 6.45) is 0.793. The minimum atomic E-state index is -0.399. The largest absolute Gasteiger partial charge is 0.381 e. The lowest BCUT2D eigenvalue weighted by molar-refractivity contribution is -0.125. The van der Waals surface area contributed by atoms with Crippen LogP contribution < -0.4 is 5.73 Å². The molecule has 1 fully saturated rings. The van der Waals surface area contributed by atoms with Crippen molar-refractivity contribution in [2.75, 3.05) is 26.3 Å². The molecule has 1 rings (SSSR count). The quantitative estimate of drug-likeness (QED) is 0.682. The molecule has 16 heavy (non-hydrogen) atoms. The van der Waals surface area contributed by atoms with E-state index in [1.165, 1.54) is 0 Å². The third-order valence-corrected chi connectivity index (χ3v) is 2.83. The fraction of sp³-hybridized carbons (Fsp3) is 0.818. The van der Waals surface area contributed by atoms with Gasteiger partial charge in [-0.05, 0) is 20.3 Å². The molecule has 0 radical (unpaired) electrons. The molecular formula is C11H20N2O3. The Morgan fingerprint density at radius 2 is 2.12 bits per heavy atom. The number of nitrogens with zero attached hydrogens (tertiary/aromatic N) is 1. The van der Waals surface area contributed by atoms with Crippen LogP contribution in [0.25, 0.3) is 0 Å². The Hall–Kier alpha value is -0.940. The summed E-state index contributed by atoms with van der Waals surface area (Å²) in [6, 6.07) is 0.138. The average Bonchev–Trinajstić information content (AvgIpc) is 2.68. The van der Waals surface area contributed by atoms with Crippen molar-refractivity contribution in [2.24, 2.45) is 11.7 Å². The molecule has 0 aromatic rings. The van der Waals surface area contributed by atoms with Crippen LogP contribution in [-0.4, -0.2) is 48.9 Å². The zero-order chi connectivity index (χ0) is 12.1. The van der Waals surface area contributed by atoms with Crippen molar-refractivity contribution in [3.63, 3.8) is 0 Å². The van der Waals surface area contributed by atoms with Gasteiger partial charge in [0.05, 0.1) is 19.7 Å². The van der Waals surface area contributed by atoms with Gasteiger partial charge in [-0.25, -0.2) is 0 Å². The van der Waals surface area contributed by atoms with Gasteiger partial charge < -0.3 is 10.5 Å². The van der Waals surface area contributed by atoms with Gasteiger partial charge in [0.15, 0.2) is 5.78 Å². The van der Waals surface area contributed by atoms with Crippen LogP contribution in [0.1, 0.15) is 20.3 Å². The van der Waals surface area contributed by atoms with Gasteiger partial charge in [-0.3, -0.25) is 14.5 Å². The molecule has 0 saturated carbocycles. The summed E-state index contributed by atoms with van der Waals surface area (Å²) < 4.78 is 5.17. The summed E-state index contributed by atoms with van der Waals surface area (Å²) >= 11 is 0. The summed E-state index contributed by atoms with van der Waals surface area (Å²) in [5, 5.41) is 0. The van der Waals surface area contributed by atoms with E-state index in [4.69, 9.17) is 10.5 Å². The number of ketones is 1. The van der Waals surface area contributed by atoms with Gasteiger partial charge in [0.1, 0.15) is 0 Å². The van der Waals surface area contributed by atoms with E-state index in [2.05, 4.69) is 0 Å². The maximum atomic E-state index is 11.9. The van der Waals surface area contributed by atoms with Crippen molar-refractivity contribution >= 4 is 11.7 Å². The lowest BCUT2D eigenvalue weighted by atomic mass is 10.0. The fourth-order valence-electron chi connectivity index (χ4n) is 1.74. The molecule has 0 bridgehead atoms. The molecule has 2 N–H and O–H groups in total. The third kappa shape index (κ3) is 3.90. The van der Waals surface area contributed by atoms with Crippen molar-refractivity contribution in [3.05, 3.63) is 0 Å². The van der Waals surface area contributed by atoms with E-state index in [-0.39, 0.29) is 30.8 Å². The number of hydrogen-bond acceptors (Lipinski definition) is 4. The Balaban J connectivity index is 2.46. The average molecular weight is 228 g/mol. The summed E-state index contributed by atoms with van der Waals surface area (Å²) in [5.74, 6) is -0.259. The third-order valence-electron chi connectivity index (χ3n) is 2.83. The fourth-order valence-corrected chi connectivity index (χ4v) is 1.74. The predicted octanol–water partition coefficient (Wildman–Crippen LogP) is -0.212. The number of Topliss-reactive ketones (excluding diaryl/α,β-unsaturated/α-hetero) is 1. The zero-order valence-corrected chi connectivity index (χ0v) is 9.94. The maximum Gasteiger partial charge on any atom is 0.231 e. The number of carbonyl (C=O) groups excluding carboxylic acids is 2. The number of nitrogens with two attached hydrogens (primary N) is 1. The molecule has 5 nitrogen and oxygen atoms in total. The Kier molecular flexibility index (Phi) is 4.89. The minimum Gasteiger partial charge on any atom is -0.381 e. The van der Waals surface area contributed by atoms with Crippen LogP contribution in [0, 0.1) is 5.92 Å². The van der Waals surface area contributed by atoms with Crippen LogP contribution in [0.2, 0.25) is 0 Å². The van der Waals surface area contributed by atoms with Crippen LogP contribution in [0.15, 0.2) is 0 Å². The first kappa shape index (κ1) is 13.1. The number of carbonyl (C=O) groups is 2. The second-order valence-corrected chi connectivity index (χ2v) is 4.49. The van der Waals surface area contributed by atoms with Crippen molar-refractivity contribution in [1.82, 2.24) is 4.90 Å². The van der Waals surface area contributed by atoms with Gasteiger partial charge in [-0.2, -0.15) is 0 Å². The topological polar surface area (TPSA) is 72.6 Å². The number of amides is 1. The Morgan fingerprint density at radius 1 is 1.44 bits per heavy atom. The summed E-state index contributed by atoms with van der Waals surface area (Å²) in [4.78, 5) is 24.5. The Morgan fingerprint density at radius 3 is 2.56 bits per heavy atom. The molecule has 1 atom stereocenters. The Bertz CT molecular complexity index is 260. The van der Waals surface area contributed by atoms with E-state index < -0.39 is 5.91 Å². The van der Waals surface area contributed by atoms with E-state index in [0.29, 0.717) is 13.2 Å². The molecule has 0 spiro atoms. The summed E-state index contributed by atoms with van der Waals surface area (Å²) in [6.45, 7) is 5.49. The van der Waals surface area contributed by atoms with Crippen molar-refractivity contribution in [3.8, 4) is 0 Å². The molecule has 0 aromatic carbocycles. The van der Waals surface area contributed by atoms with Gasteiger partial charge in [-0.1, -0.05) is 0 Å². The van der Waals surface area contributed by atoms with E-state index >= 15 is 0 Å². The van der Waals surface area contributed by atoms with Gasteiger partial charge in [-0.15, -0.1) is 0 Å². The van der Waals surface area contributed by atoms with Crippen LogP contribution >= 0.6 is 0 Å². The monoisotopic (exact) mass is 228 g/mol. The highest BCUT2D eigenvalue weighted by Crippen LogP contribution is 2.14. The normalized spacial score (nSPS) is 20.6. The van der Waals surface area contributed by atoms with Gasteiger partial charge in [0, 0.05) is 18.6 Å². The van der Waals surface area contributed by atoms with Crippen LogP contribution in [-0.2, 0) is 14.3 Å². The number of rotatable bonds is 6. The van der Waals surface area contributed by atoms with E-state index in [0.717, 1.165) is 6.42 Å². The molecule has 5 heteroatoms. The molecule has 0 aromatic heterocycles. The smallest absolute Gasteiger partial charge is 0.231 e. The zero-order valence-electron chi connectivity index (χ0n) is 9.94. The van der Waals surface area contributed by atoms with Gasteiger partial charge in [0.25, 0.3) is 0 Å². The lowest BCUT2D eigenvalue weighted by Crippen LogP contribution is -2.43. The molecular weight excluding hydrogens is 208 g/mol. The molecule has 1 saturated heterocycles. The maximum absolute atomic E-state index is 11.9. The minimum absolute atomic E-state index is 0.00544. The van der Waals surface area contributed by atoms with E-state index in [1.54, 1.807) is 4.90 Å². The van der Waals surface area contributed by atoms with Crippen molar-refractivity contribution < 1.29 is 14.3 Å². The van der Waals surface area contributed by atoms with Crippen LogP contribution in [0.5, 0.6) is 0 Å². The summed E-state index contributed by atoms with van der Waals surface area (Å²) in [5.41, 5.74) is 5.14. The van der Waals surface area contributed by atoms with Gasteiger partial charge in [0.2, 0.25) is 5.91 Å². The molecule has 1 unspecified atom stereocenters. The molecule has 1 aliphatic rings. The molecule has 92 valence electrons. The molecule has 0 aliphatic carbocycles. The highest BCUT2D eigenvalue weighted by atomic mass is 16.5. The van der Waals surface area contributed by atoms with Crippen molar-refractivity contribution in [1.29, 1.82) is 0 Å². The van der Waals surface area contributed by atoms with E-state index in [9.17, 15) is 9.59 Å². The first-order valence-electron chi connectivity index (χ1n) is 5.63. The molecule has 1 heterocycles. The lowest BCUT2D eigenvalue weighted by Gasteiger charge is -2.25. The highest BCUT2D eigenvalue weighted by Gasteiger charge is 2.26. The molecule has 1 aliphatic heterocycles. The van der Waals surface area contributed by atoms with Crippen LogP contribution in [0.3, 0.4) is 0 Å². The first-order valence-corrected chi connectivity index (χ1v) is 5.63. The second-order valence-electron chi connectivity index (χ2n) is 4.49. The molecule has 1 amide bonds. The SMILES string of the molecule is CC(C)N(CC(N)=O)CC(=O)C1CCOC1.